The molecule has 5 rings (SSSR count). The molecule has 152 valence electrons. The summed E-state index contributed by atoms with van der Waals surface area (Å²) < 4.78 is 8.24. The summed E-state index contributed by atoms with van der Waals surface area (Å²) in [7, 11) is 0. The molecule has 2 aliphatic rings. The van der Waals surface area contributed by atoms with E-state index in [1.165, 1.54) is 5.69 Å². The van der Waals surface area contributed by atoms with Crippen LogP contribution >= 0.6 is 0 Å². The van der Waals surface area contributed by atoms with Gasteiger partial charge >= 0.3 is 0 Å². The van der Waals surface area contributed by atoms with Crippen LogP contribution in [0.15, 0.2) is 42.6 Å². The first-order valence-corrected chi connectivity index (χ1v) is 10.2. The van der Waals surface area contributed by atoms with Crippen molar-refractivity contribution in [2.24, 2.45) is 0 Å². The van der Waals surface area contributed by atoms with Gasteiger partial charge in [-0.15, -0.1) is 0 Å². The van der Waals surface area contributed by atoms with Crippen LogP contribution in [0, 0.1) is 0 Å². The lowest BCUT2D eigenvalue weighted by Gasteiger charge is -2.37. The molecule has 2 aromatic heterocycles. The topological polar surface area (TPSA) is 92.7 Å². The second-order valence-corrected chi connectivity index (χ2v) is 7.63. The van der Waals surface area contributed by atoms with Crippen molar-refractivity contribution in [1.29, 1.82) is 0 Å². The Morgan fingerprint density at radius 1 is 1.03 bits per heavy atom. The first-order valence-electron chi connectivity index (χ1n) is 10.2. The van der Waals surface area contributed by atoms with Gasteiger partial charge in [-0.25, -0.2) is 9.97 Å². The Morgan fingerprint density at radius 2 is 1.79 bits per heavy atom. The van der Waals surface area contributed by atoms with Crippen molar-refractivity contribution in [3.63, 3.8) is 0 Å². The van der Waals surface area contributed by atoms with E-state index >= 15 is 0 Å². The quantitative estimate of drug-likeness (QED) is 0.699. The first-order chi connectivity index (χ1) is 14.2. The van der Waals surface area contributed by atoms with Crippen molar-refractivity contribution in [3.05, 3.63) is 42.6 Å². The number of nitrogens with two attached hydrogens (primary N) is 1. The molecule has 2 aliphatic heterocycles. The van der Waals surface area contributed by atoms with Crippen molar-refractivity contribution in [2.75, 3.05) is 48.3 Å². The van der Waals surface area contributed by atoms with E-state index in [4.69, 9.17) is 15.5 Å². The van der Waals surface area contributed by atoms with Crippen LogP contribution in [0.3, 0.4) is 0 Å². The van der Waals surface area contributed by atoms with Gasteiger partial charge in [0.25, 0.3) is 0 Å². The number of imidazole rings is 1. The Bertz CT molecular complexity index is 984. The van der Waals surface area contributed by atoms with Gasteiger partial charge in [-0.1, -0.05) is 18.2 Å². The van der Waals surface area contributed by atoms with Crippen LogP contribution < -0.4 is 15.5 Å². The van der Waals surface area contributed by atoms with Crippen LogP contribution in [-0.4, -0.2) is 58.5 Å². The first kappa shape index (κ1) is 18.2. The molecule has 0 saturated carbocycles. The summed E-state index contributed by atoms with van der Waals surface area (Å²) in [6.07, 6.45) is 3.12. The Balaban J connectivity index is 1.45. The number of hydrogen-bond donors (Lipinski definition) is 2. The number of para-hydroxylation sites is 1. The molecule has 4 heterocycles. The number of nitrogens with zero attached hydrogens (tertiary/aromatic N) is 5. The molecule has 2 atom stereocenters. The van der Waals surface area contributed by atoms with E-state index in [1.54, 1.807) is 6.20 Å². The maximum absolute atomic E-state index is 9.50. The highest BCUT2D eigenvalue weighted by Crippen LogP contribution is 2.36. The van der Waals surface area contributed by atoms with Crippen LogP contribution in [0.5, 0.6) is 0 Å². The van der Waals surface area contributed by atoms with Gasteiger partial charge in [0, 0.05) is 38.1 Å². The van der Waals surface area contributed by atoms with E-state index < -0.39 is 0 Å². The molecule has 0 spiro atoms. The van der Waals surface area contributed by atoms with Gasteiger partial charge in [-0.2, -0.15) is 0 Å². The average Bonchev–Trinajstić information content (AvgIpc) is 3.39. The molecule has 1 aromatic carbocycles. The largest absolute Gasteiger partial charge is 0.394 e. The number of aliphatic hydroxyl groups is 1. The number of aliphatic hydroxyl groups excluding tert-OH is 1. The zero-order chi connectivity index (χ0) is 19.8. The molecule has 0 aliphatic carbocycles. The fraction of sp³-hybridized carbons (Fsp3) is 0.429. The van der Waals surface area contributed by atoms with Crippen molar-refractivity contribution in [1.82, 2.24) is 14.5 Å². The summed E-state index contributed by atoms with van der Waals surface area (Å²) in [6.45, 7) is 3.61. The number of aromatic nitrogens is 3. The highest BCUT2D eigenvalue weighted by atomic mass is 16.5. The minimum Gasteiger partial charge on any atom is -0.394 e. The van der Waals surface area contributed by atoms with Crippen LogP contribution in [0.25, 0.3) is 11.0 Å². The van der Waals surface area contributed by atoms with Crippen molar-refractivity contribution in [2.45, 2.75) is 25.2 Å². The van der Waals surface area contributed by atoms with E-state index in [2.05, 4.69) is 43.6 Å². The van der Waals surface area contributed by atoms with Crippen LogP contribution in [0.4, 0.5) is 17.5 Å². The van der Waals surface area contributed by atoms with Gasteiger partial charge in [-0.05, 0) is 31.0 Å². The molecule has 8 nitrogen and oxygen atoms in total. The number of benzene rings is 1. The lowest BCUT2D eigenvalue weighted by Crippen LogP contribution is -2.47. The summed E-state index contributed by atoms with van der Waals surface area (Å²) in [4.78, 5) is 13.8. The van der Waals surface area contributed by atoms with Gasteiger partial charge < -0.3 is 25.4 Å². The molecular formula is C21H26N6O2. The van der Waals surface area contributed by atoms with Crippen LogP contribution in [-0.2, 0) is 4.74 Å². The van der Waals surface area contributed by atoms with Gasteiger partial charge in [-0.3, -0.25) is 4.57 Å². The Labute approximate surface area is 169 Å². The number of rotatable bonds is 4. The summed E-state index contributed by atoms with van der Waals surface area (Å²) in [5.74, 6) is 1.30. The highest BCUT2D eigenvalue weighted by Gasteiger charge is 2.32. The Kier molecular flexibility index (Phi) is 4.73. The monoisotopic (exact) mass is 394 g/mol. The molecule has 3 aromatic rings. The molecule has 2 unspecified atom stereocenters. The molecule has 2 saturated heterocycles. The van der Waals surface area contributed by atoms with Gasteiger partial charge in [0.2, 0.25) is 5.95 Å². The van der Waals surface area contributed by atoms with Gasteiger partial charge in [0.1, 0.15) is 11.7 Å². The van der Waals surface area contributed by atoms with Crippen LogP contribution in [0.2, 0.25) is 0 Å². The molecule has 29 heavy (non-hydrogen) atoms. The smallest absolute Gasteiger partial charge is 0.208 e. The lowest BCUT2D eigenvalue weighted by molar-refractivity contribution is -0.0198. The van der Waals surface area contributed by atoms with E-state index in [-0.39, 0.29) is 18.9 Å². The molecule has 0 bridgehead atoms. The second kappa shape index (κ2) is 7.53. The lowest BCUT2D eigenvalue weighted by atomic mass is 10.2. The third-order valence-corrected chi connectivity index (χ3v) is 5.88. The van der Waals surface area contributed by atoms with Gasteiger partial charge in [0.15, 0.2) is 5.82 Å². The van der Waals surface area contributed by atoms with Crippen molar-refractivity contribution >= 4 is 28.5 Å². The number of fused-ring (bicyclic) bond motifs is 1. The fourth-order valence-electron chi connectivity index (χ4n) is 4.35. The standard InChI is InChI=1S/C21H26N6O2/c22-20-19-17(8-9-23-20)27(18-7-6-16(14-28)29-18)21(24-19)26-12-10-25(11-13-26)15-4-2-1-3-5-15/h1-5,8-9,16,18,28H,6-7,10-14H2,(H2,22,23). The SMILES string of the molecule is Nc1nccc2c1nc(N1CCN(c3ccccc3)CC1)n2C1CCC(CO)O1. The maximum atomic E-state index is 9.50. The minimum absolute atomic E-state index is 0.0396. The second-order valence-electron chi connectivity index (χ2n) is 7.63. The maximum Gasteiger partial charge on any atom is 0.208 e. The number of ether oxygens (including phenoxy) is 1. The zero-order valence-electron chi connectivity index (χ0n) is 16.3. The summed E-state index contributed by atoms with van der Waals surface area (Å²) in [5, 5.41) is 9.50. The third-order valence-electron chi connectivity index (χ3n) is 5.88. The van der Waals surface area contributed by atoms with E-state index in [9.17, 15) is 5.11 Å². The highest BCUT2D eigenvalue weighted by molar-refractivity contribution is 5.87. The van der Waals surface area contributed by atoms with E-state index in [0.29, 0.717) is 11.3 Å². The molecular weight excluding hydrogens is 368 g/mol. The fourth-order valence-corrected chi connectivity index (χ4v) is 4.35. The predicted molar refractivity (Wildman–Crippen MR) is 113 cm³/mol. The molecule has 0 radical (unpaired) electrons. The normalized spacial score (nSPS) is 22.5. The van der Waals surface area contributed by atoms with E-state index in [1.807, 2.05) is 12.1 Å². The summed E-state index contributed by atoms with van der Waals surface area (Å²) in [5.41, 5.74) is 9.02. The van der Waals surface area contributed by atoms with Crippen molar-refractivity contribution in [3.8, 4) is 0 Å². The number of anilines is 3. The van der Waals surface area contributed by atoms with E-state index in [0.717, 1.165) is 50.5 Å². The van der Waals surface area contributed by atoms with Gasteiger partial charge in [0.05, 0.1) is 18.2 Å². The number of hydrogen-bond acceptors (Lipinski definition) is 7. The number of nitrogen functional groups attached to an aromatic ring is 1. The third kappa shape index (κ3) is 3.28. The minimum atomic E-state index is -0.152. The molecule has 0 amide bonds. The zero-order valence-corrected chi connectivity index (χ0v) is 16.3. The summed E-state index contributed by atoms with van der Waals surface area (Å²) >= 11 is 0. The molecule has 2 fully saturated rings. The Hall–Kier alpha value is -2.84. The summed E-state index contributed by atoms with van der Waals surface area (Å²) in [6, 6.07) is 12.4. The van der Waals surface area contributed by atoms with Crippen LogP contribution in [0.1, 0.15) is 19.1 Å². The Morgan fingerprint density at radius 3 is 2.52 bits per heavy atom. The number of piperazine rings is 1. The predicted octanol–water partition coefficient (Wildman–Crippen LogP) is 2.01. The van der Waals surface area contributed by atoms with Crippen molar-refractivity contribution < 1.29 is 9.84 Å². The molecule has 3 N–H and O–H groups in total. The average molecular weight is 394 g/mol. The number of pyridine rings is 1. The molecule has 8 heteroatoms.